The van der Waals surface area contributed by atoms with Crippen LogP contribution in [-0.4, -0.2) is 49.9 Å². The predicted molar refractivity (Wildman–Crippen MR) is 280 cm³/mol. The molecule has 64 heavy (non-hydrogen) atoms. The molecule has 8 bridgehead atoms. The zero-order valence-electron chi connectivity index (χ0n) is 39.9. The number of halogens is 4. The molecule has 1 aliphatic heterocycles. The third-order valence-electron chi connectivity index (χ3n) is 10.5. The van der Waals surface area contributed by atoms with E-state index >= 15 is 0 Å². The van der Waals surface area contributed by atoms with E-state index in [1.807, 2.05) is 0 Å². The number of rotatable bonds is 16. The van der Waals surface area contributed by atoms with Gasteiger partial charge in [0.05, 0.1) is 65.6 Å². The molecule has 5 rings (SSSR count). The molecule has 12 heteroatoms. The van der Waals surface area contributed by atoms with Gasteiger partial charge in [-0.25, -0.2) is 0 Å². The molecule has 0 saturated heterocycles. The Balaban J connectivity index is 2.01. The van der Waals surface area contributed by atoms with Gasteiger partial charge in [-0.2, -0.15) is 0 Å². The highest BCUT2D eigenvalue weighted by molar-refractivity contribution is 8.01. The third kappa shape index (κ3) is 14.3. The summed E-state index contributed by atoms with van der Waals surface area (Å²) in [5, 5.41) is 0. The van der Waals surface area contributed by atoms with Crippen LogP contribution in [0.2, 0.25) is 0 Å². The summed E-state index contributed by atoms with van der Waals surface area (Å²) in [5.74, 6) is 5.27. The molecule has 4 aromatic rings. The first kappa shape index (κ1) is 53.6. The molecule has 0 saturated carbocycles. The van der Waals surface area contributed by atoms with Gasteiger partial charge in [-0.1, -0.05) is 130 Å². The van der Waals surface area contributed by atoms with Gasteiger partial charge in [0.2, 0.25) is 0 Å². The molecule has 0 aromatic heterocycles. The van der Waals surface area contributed by atoms with Gasteiger partial charge in [0.25, 0.3) is 0 Å². The molecule has 0 N–H and O–H groups in total. The van der Waals surface area contributed by atoms with Crippen molar-refractivity contribution >= 4 is 93.5 Å². The van der Waals surface area contributed by atoms with Crippen LogP contribution in [0.25, 0.3) is 0 Å². The number of fused-ring (bicyclic) bond motifs is 8. The van der Waals surface area contributed by atoms with E-state index in [0.29, 0.717) is 75.6 Å². The van der Waals surface area contributed by atoms with E-state index in [-0.39, 0.29) is 21.7 Å². The maximum absolute atomic E-state index is 6.90. The summed E-state index contributed by atoms with van der Waals surface area (Å²) in [6.45, 7) is 29.1. The molecule has 352 valence electrons. The number of benzene rings is 4. The lowest BCUT2D eigenvalue weighted by Crippen LogP contribution is -2.14. The molecule has 0 unspecified atom stereocenters. The fourth-order valence-electron chi connectivity index (χ4n) is 6.60. The van der Waals surface area contributed by atoms with Crippen molar-refractivity contribution in [2.24, 2.45) is 0 Å². The SMILES string of the molecule is CC(C)(C)c1cc2c(OCCCCl)c(c1)Sc1cc(C(C)(C)C)cc(c1OCCCCl)Sc1cc(C(C)(C)C)cc(c1OCCCCl)Sc1cc(C(C)(C)C)cc(c1OCCCCl)S2. The minimum absolute atomic E-state index is 0.171. The van der Waals surface area contributed by atoms with Gasteiger partial charge in [0.15, 0.2) is 0 Å². The van der Waals surface area contributed by atoms with Crippen LogP contribution in [0, 0.1) is 0 Å². The summed E-state index contributed by atoms with van der Waals surface area (Å²) in [7, 11) is 0. The highest BCUT2D eigenvalue weighted by Gasteiger charge is 2.30. The van der Waals surface area contributed by atoms with Crippen molar-refractivity contribution < 1.29 is 18.9 Å². The van der Waals surface area contributed by atoms with Crippen LogP contribution in [0.4, 0.5) is 0 Å². The Kier molecular flexibility index (Phi) is 19.5. The van der Waals surface area contributed by atoms with E-state index in [2.05, 4.69) is 132 Å². The Bertz CT molecular complexity index is 1800. The van der Waals surface area contributed by atoms with Gasteiger partial charge >= 0.3 is 0 Å². The topological polar surface area (TPSA) is 36.9 Å². The van der Waals surface area contributed by atoms with Crippen LogP contribution in [0.15, 0.2) is 87.7 Å². The van der Waals surface area contributed by atoms with Crippen LogP contribution in [-0.2, 0) is 21.7 Å². The summed E-state index contributed by atoms with van der Waals surface area (Å²) in [4.78, 5) is 8.07. The fourth-order valence-corrected chi connectivity index (χ4v) is 11.8. The van der Waals surface area contributed by atoms with Crippen molar-refractivity contribution in [1.29, 1.82) is 0 Å². The first-order valence-electron chi connectivity index (χ1n) is 22.3. The van der Waals surface area contributed by atoms with Gasteiger partial charge in [-0.05, 0) is 118 Å². The minimum Gasteiger partial charge on any atom is -0.491 e. The molecule has 0 spiro atoms. The minimum atomic E-state index is -0.171. The summed E-state index contributed by atoms with van der Waals surface area (Å²) in [5.41, 5.74) is 4.11. The lowest BCUT2D eigenvalue weighted by atomic mass is 9.87. The average molecular weight is 1030 g/mol. The lowest BCUT2D eigenvalue weighted by Gasteiger charge is -2.28. The normalized spacial score (nSPS) is 13.5. The molecule has 0 radical (unpaired) electrons. The van der Waals surface area contributed by atoms with Gasteiger partial charge in [-0.15, -0.1) is 46.4 Å². The number of alkyl halides is 4. The second-order valence-corrected chi connectivity index (χ2v) is 26.0. The second-order valence-electron chi connectivity index (χ2n) is 20.2. The number of hydrogen-bond acceptors (Lipinski definition) is 8. The molecule has 0 fully saturated rings. The van der Waals surface area contributed by atoms with E-state index in [1.54, 1.807) is 47.0 Å². The van der Waals surface area contributed by atoms with E-state index in [1.165, 1.54) is 22.3 Å². The summed E-state index contributed by atoms with van der Waals surface area (Å²) in [6.07, 6.45) is 2.84. The fraction of sp³-hybridized carbons (Fsp3) is 0.538. The van der Waals surface area contributed by atoms with Crippen molar-refractivity contribution in [3.8, 4) is 23.0 Å². The maximum atomic E-state index is 6.90. The molecule has 0 amide bonds. The third-order valence-corrected chi connectivity index (χ3v) is 15.8. The van der Waals surface area contributed by atoms with Crippen molar-refractivity contribution in [3.05, 3.63) is 70.8 Å². The molecule has 4 nitrogen and oxygen atoms in total. The Morgan fingerprint density at radius 3 is 0.594 bits per heavy atom. The molecule has 1 heterocycles. The standard InChI is InChI=1S/C52H68Cl4O4S4/c1-49(2,3)33-25-37-45(57-21-13-17-53)38(26-33)62-40-28-35(51(7,8)9)30-42(47(40)59-23-15-19-55)64-44-32-36(52(10,11)12)31-43(48(44)60-24-16-20-56)63-41-29-34(50(4,5)6)27-39(61-37)46(41)58-22-14-18-54/h25-32H,13-24H2,1-12H3. The molecule has 0 atom stereocenters. The highest BCUT2D eigenvalue weighted by atomic mass is 35.5. The Morgan fingerprint density at radius 1 is 0.312 bits per heavy atom. The first-order valence-corrected chi connectivity index (χ1v) is 27.7. The highest BCUT2D eigenvalue weighted by Crippen LogP contribution is 2.56. The lowest BCUT2D eigenvalue weighted by molar-refractivity contribution is 0.300. The van der Waals surface area contributed by atoms with Crippen molar-refractivity contribution in [3.63, 3.8) is 0 Å². The maximum Gasteiger partial charge on any atom is 0.147 e. The van der Waals surface area contributed by atoms with Crippen molar-refractivity contribution in [2.75, 3.05) is 49.9 Å². The second kappa shape index (κ2) is 23.3. The zero-order valence-corrected chi connectivity index (χ0v) is 46.2. The van der Waals surface area contributed by atoms with E-state index in [9.17, 15) is 0 Å². The molecule has 0 aliphatic carbocycles. The summed E-state index contributed by atoms with van der Waals surface area (Å²) in [6, 6.07) is 18.4. The number of ether oxygens (including phenoxy) is 4. The molecular formula is C52H68Cl4O4S4. The summed E-state index contributed by atoms with van der Waals surface area (Å²) >= 11 is 32.0. The van der Waals surface area contributed by atoms with E-state index in [0.717, 1.165) is 62.2 Å². The van der Waals surface area contributed by atoms with Crippen LogP contribution in [0.1, 0.15) is 131 Å². The first-order chi connectivity index (χ1) is 30.1. The molecule has 4 aromatic carbocycles. The Morgan fingerprint density at radius 2 is 0.469 bits per heavy atom. The largest absolute Gasteiger partial charge is 0.491 e. The van der Waals surface area contributed by atoms with Crippen LogP contribution < -0.4 is 18.9 Å². The van der Waals surface area contributed by atoms with Crippen molar-refractivity contribution in [1.82, 2.24) is 0 Å². The van der Waals surface area contributed by atoms with Gasteiger partial charge in [0, 0.05) is 23.5 Å². The van der Waals surface area contributed by atoms with Gasteiger partial charge < -0.3 is 18.9 Å². The molecule has 1 aliphatic rings. The monoisotopic (exact) mass is 1020 g/mol. The van der Waals surface area contributed by atoms with Crippen LogP contribution in [0.3, 0.4) is 0 Å². The van der Waals surface area contributed by atoms with E-state index in [4.69, 9.17) is 65.4 Å². The smallest absolute Gasteiger partial charge is 0.147 e. The van der Waals surface area contributed by atoms with Crippen LogP contribution >= 0.6 is 93.5 Å². The van der Waals surface area contributed by atoms with Gasteiger partial charge in [-0.3, -0.25) is 0 Å². The predicted octanol–water partition coefficient (Wildman–Crippen LogP) is 17.8. The van der Waals surface area contributed by atoms with Crippen LogP contribution in [0.5, 0.6) is 23.0 Å². The Labute approximate surface area is 422 Å². The average Bonchev–Trinajstić information content (AvgIpc) is 3.19. The summed E-state index contributed by atoms with van der Waals surface area (Å²) < 4.78 is 27.6. The zero-order chi connectivity index (χ0) is 47.0. The van der Waals surface area contributed by atoms with Gasteiger partial charge in [0.1, 0.15) is 23.0 Å². The number of hydrogen-bond donors (Lipinski definition) is 0. The Hall–Kier alpha value is -1.36. The quantitative estimate of drug-likeness (QED) is 0.0715. The molecular weight excluding hydrogens is 959 g/mol. The van der Waals surface area contributed by atoms with Crippen molar-refractivity contribution in [2.45, 2.75) is 170 Å². The van der Waals surface area contributed by atoms with E-state index < -0.39 is 0 Å².